The van der Waals surface area contributed by atoms with E-state index in [-0.39, 0.29) is 17.7 Å². The molecule has 0 radical (unpaired) electrons. The van der Waals surface area contributed by atoms with E-state index in [4.69, 9.17) is 0 Å². The Kier molecular flexibility index (Phi) is 5.71. The van der Waals surface area contributed by atoms with Crippen molar-refractivity contribution in [3.05, 3.63) is 113 Å². The van der Waals surface area contributed by atoms with Gasteiger partial charge in [-0.2, -0.15) is 0 Å². The van der Waals surface area contributed by atoms with Gasteiger partial charge >= 0.3 is 0 Å². The Balaban J connectivity index is 1.35. The summed E-state index contributed by atoms with van der Waals surface area (Å²) in [5.41, 5.74) is 3.99. The Morgan fingerprint density at radius 3 is 2.24 bits per heavy atom. The first kappa shape index (κ1) is 21.0. The monoisotopic (exact) mass is 450 g/mol. The number of amides is 2. The van der Waals surface area contributed by atoms with E-state index in [1.807, 2.05) is 92.0 Å². The zero-order valence-corrected chi connectivity index (χ0v) is 19.0. The van der Waals surface area contributed by atoms with Crippen LogP contribution in [-0.2, 0) is 11.3 Å². The lowest BCUT2D eigenvalue weighted by atomic mass is 10.0. The number of anilines is 2. The van der Waals surface area contributed by atoms with Gasteiger partial charge in [0.25, 0.3) is 11.1 Å². The quantitative estimate of drug-likeness (QED) is 0.312. The zero-order valence-electron chi connectivity index (χ0n) is 18.1. The topological polar surface area (TPSA) is 40.6 Å². The summed E-state index contributed by atoms with van der Waals surface area (Å²) in [7, 11) is 2.02. The maximum atomic E-state index is 13.0. The molecule has 4 nitrogen and oxygen atoms in total. The molecule has 0 atom stereocenters. The van der Waals surface area contributed by atoms with Crippen LogP contribution in [0, 0.1) is 0 Å². The van der Waals surface area contributed by atoms with Gasteiger partial charge in [-0.25, -0.2) is 0 Å². The number of hydrogen-bond donors (Lipinski definition) is 0. The van der Waals surface area contributed by atoms with Crippen molar-refractivity contribution in [3.63, 3.8) is 0 Å². The number of fused-ring (bicyclic) bond motifs is 1. The number of nitrogens with zero attached hydrogens (tertiary/aromatic N) is 2. The molecule has 1 heterocycles. The third-order valence-corrected chi connectivity index (χ3v) is 6.71. The molecule has 1 saturated heterocycles. The number of hydrogen-bond acceptors (Lipinski definition) is 4. The Morgan fingerprint density at radius 1 is 0.788 bits per heavy atom. The Bertz CT molecular complexity index is 1360. The van der Waals surface area contributed by atoms with E-state index >= 15 is 0 Å². The van der Waals surface area contributed by atoms with Gasteiger partial charge in [-0.05, 0) is 64.0 Å². The smallest absolute Gasteiger partial charge is 0.293 e. The van der Waals surface area contributed by atoms with Crippen LogP contribution in [0.4, 0.5) is 16.2 Å². The number of imide groups is 1. The summed E-state index contributed by atoms with van der Waals surface area (Å²) < 4.78 is 0. The molecule has 0 saturated carbocycles. The fourth-order valence-electron chi connectivity index (χ4n) is 3.98. The predicted octanol–water partition coefficient (Wildman–Crippen LogP) is 6.84. The highest BCUT2D eigenvalue weighted by Gasteiger charge is 2.35. The highest BCUT2D eigenvalue weighted by molar-refractivity contribution is 8.18. The van der Waals surface area contributed by atoms with Crippen molar-refractivity contribution in [1.29, 1.82) is 0 Å². The Morgan fingerprint density at radius 2 is 1.45 bits per heavy atom. The van der Waals surface area contributed by atoms with Gasteiger partial charge in [0.2, 0.25) is 0 Å². The van der Waals surface area contributed by atoms with Gasteiger partial charge in [0, 0.05) is 18.4 Å². The van der Waals surface area contributed by atoms with Gasteiger partial charge < -0.3 is 4.90 Å². The lowest BCUT2D eigenvalue weighted by Crippen LogP contribution is -2.27. The van der Waals surface area contributed by atoms with Crippen LogP contribution in [0.25, 0.3) is 16.8 Å². The van der Waals surface area contributed by atoms with Crippen LogP contribution < -0.4 is 4.90 Å². The van der Waals surface area contributed by atoms with Crippen LogP contribution in [0.1, 0.15) is 11.1 Å². The number of carbonyl (C=O) groups is 2. The van der Waals surface area contributed by atoms with Crippen LogP contribution in [0.2, 0.25) is 0 Å². The summed E-state index contributed by atoms with van der Waals surface area (Å²) in [5.74, 6) is -0.247. The summed E-state index contributed by atoms with van der Waals surface area (Å²) in [5, 5.41) is 1.92. The molecule has 0 spiro atoms. The molecule has 4 aromatic carbocycles. The second-order valence-corrected chi connectivity index (χ2v) is 8.89. The molecule has 5 heteroatoms. The highest BCUT2D eigenvalue weighted by atomic mass is 32.2. The van der Waals surface area contributed by atoms with Gasteiger partial charge in [-0.1, -0.05) is 72.8 Å². The van der Waals surface area contributed by atoms with E-state index in [9.17, 15) is 9.59 Å². The zero-order chi connectivity index (χ0) is 22.8. The number of benzene rings is 4. The van der Waals surface area contributed by atoms with Crippen molar-refractivity contribution in [2.24, 2.45) is 0 Å². The minimum Gasteiger partial charge on any atom is -0.345 e. The third kappa shape index (κ3) is 4.28. The molecule has 5 rings (SSSR count). The fourth-order valence-corrected chi connectivity index (χ4v) is 4.82. The first-order valence-corrected chi connectivity index (χ1v) is 11.5. The summed E-state index contributed by atoms with van der Waals surface area (Å²) in [6.45, 7) is 0.268. The van der Waals surface area contributed by atoms with Gasteiger partial charge in [-0.3, -0.25) is 14.5 Å². The normalized spacial score (nSPS) is 14.9. The maximum absolute atomic E-state index is 13.0. The van der Waals surface area contributed by atoms with Crippen molar-refractivity contribution < 1.29 is 9.59 Å². The van der Waals surface area contributed by atoms with Crippen LogP contribution >= 0.6 is 11.8 Å². The molecule has 2 amide bonds. The SMILES string of the molecule is CN(c1ccccc1)c1ccc(/C=C2\SC(=O)N(Cc3cccc4ccccc34)C2=O)cc1. The first-order valence-electron chi connectivity index (χ1n) is 10.7. The molecule has 0 aromatic heterocycles. The molecular weight excluding hydrogens is 428 g/mol. The van der Waals surface area contributed by atoms with Crippen LogP contribution in [-0.4, -0.2) is 23.1 Å². The van der Waals surface area contributed by atoms with E-state index in [0.717, 1.165) is 45.0 Å². The van der Waals surface area contributed by atoms with Crippen LogP contribution in [0.3, 0.4) is 0 Å². The Hall–Kier alpha value is -3.83. The minimum absolute atomic E-state index is 0.236. The van der Waals surface area contributed by atoms with Gasteiger partial charge in [0.15, 0.2) is 0 Å². The standard InChI is InChI=1S/C28H22N2O2S/c1-29(23-11-3-2-4-12-23)24-16-14-20(15-17-24)18-26-27(31)30(28(32)33-26)19-22-10-7-9-21-8-5-6-13-25(21)22/h2-18H,19H2,1H3/b26-18-. The van der Waals surface area contributed by atoms with Crippen molar-refractivity contribution >= 4 is 51.1 Å². The second kappa shape index (κ2) is 8.96. The second-order valence-electron chi connectivity index (χ2n) is 7.89. The van der Waals surface area contributed by atoms with Gasteiger partial charge in [0.1, 0.15) is 0 Å². The average Bonchev–Trinajstić information content (AvgIpc) is 3.12. The number of carbonyl (C=O) groups excluding carboxylic acids is 2. The summed E-state index contributed by atoms with van der Waals surface area (Å²) in [6, 6.07) is 32.1. The van der Waals surface area contributed by atoms with E-state index < -0.39 is 0 Å². The molecule has 0 N–H and O–H groups in total. The van der Waals surface area contributed by atoms with E-state index in [1.54, 1.807) is 6.08 Å². The number of para-hydroxylation sites is 1. The van der Waals surface area contributed by atoms with Crippen LogP contribution in [0.5, 0.6) is 0 Å². The summed E-state index contributed by atoms with van der Waals surface area (Å²) in [4.78, 5) is 29.6. The molecule has 1 aliphatic heterocycles. The highest BCUT2D eigenvalue weighted by Crippen LogP contribution is 2.34. The maximum Gasteiger partial charge on any atom is 0.293 e. The van der Waals surface area contributed by atoms with Crippen molar-refractivity contribution in [3.8, 4) is 0 Å². The van der Waals surface area contributed by atoms with Crippen molar-refractivity contribution in [2.45, 2.75) is 6.54 Å². The molecule has 0 bridgehead atoms. The molecule has 0 aliphatic carbocycles. The first-order chi connectivity index (χ1) is 16.1. The molecule has 33 heavy (non-hydrogen) atoms. The van der Waals surface area contributed by atoms with Crippen molar-refractivity contribution in [2.75, 3.05) is 11.9 Å². The molecule has 1 aliphatic rings. The molecule has 0 unspecified atom stereocenters. The molecule has 1 fully saturated rings. The lowest BCUT2D eigenvalue weighted by Gasteiger charge is -2.19. The predicted molar refractivity (Wildman–Crippen MR) is 136 cm³/mol. The molecule has 4 aromatic rings. The lowest BCUT2D eigenvalue weighted by molar-refractivity contribution is -0.123. The van der Waals surface area contributed by atoms with E-state index in [0.29, 0.717) is 4.91 Å². The third-order valence-electron chi connectivity index (χ3n) is 5.80. The number of rotatable bonds is 5. The molecule has 162 valence electrons. The van der Waals surface area contributed by atoms with Crippen molar-refractivity contribution in [1.82, 2.24) is 4.90 Å². The van der Waals surface area contributed by atoms with E-state index in [1.165, 1.54) is 4.90 Å². The molecular formula is C28H22N2O2S. The minimum atomic E-state index is -0.247. The largest absolute Gasteiger partial charge is 0.345 e. The Labute approximate surface area is 197 Å². The van der Waals surface area contributed by atoms with Gasteiger partial charge in [0.05, 0.1) is 11.4 Å². The van der Waals surface area contributed by atoms with Gasteiger partial charge in [-0.15, -0.1) is 0 Å². The average molecular weight is 451 g/mol. The number of thioether (sulfide) groups is 1. The fraction of sp³-hybridized carbons (Fsp3) is 0.0714. The summed E-state index contributed by atoms with van der Waals surface area (Å²) in [6.07, 6.45) is 1.79. The summed E-state index contributed by atoms with van der Waals surface area (Å²) >= 11 is 0.997. The van der Waals surface area contributed by atoms with Crippen LogP contribution in [0.15, 0.2) is 102 Å². The van der Waals surface area contributed by atoms with E-state index in [2.05, 4.69) is 17.0 Å².